The zero-order chi connectivity index (χ0) is 17.4. The van der Waals surface area contributed by atoms with Gasteiger partial charge in [-0.3, -0.25) is 4.79 Å². The van der Waals surface area contributed by atoms with Crippen LogP contribution in [0.15, 0.2) is 52.8 Å². The maximum atomic E-state index is 11.4. The lowest BCUT2D eigenvalue weighted by atomic mass is 9.93. The van der Waals surface area contributed by atoms with Crippen LogP contribution in [0.3, 0.4) is 0 Å². The Bertz CT molecular complexity index is 855. The molecule has 25 heavy (non-hydrogen) atoms. The number of quaternary nitrogens is 1. The lowest BCUT2D eigenvalue weighted by molar-refractivity contribution is 0.100. The average Bonchev–Trinajstić information content (AvgIpc) is 3.00. The van der Waals surface area contributed by atoms with Crippen LogP contribution in [0.5, 0.6) is 0 Å². The van der Waals surface area contributed by atoms with Crippen molar-refractivity contribution in [3.63, 3.8) is 0 Å². The summed E-state index contributed by atoms with van der Waals surface area (Å²) in [6, 6.07) is 14.2. The number of amides is 1. The molecule has 1 atom stereocenters. The van der Waals surface area contributed by atoms with Crippen molar-refractivity contribution in [1.29, 1.82) is 0 Å². The summed E-state index contributed by atoms with van der Waals surface area (Å²) in [5.41, 5.74) is 10.00. The standard InChI is InChI=1S/C20H22N4O/c1-24(17-8-3-2-4-9-17)19-11-10-15(13-18(19)22-23-24)14-6-5-7-16(12-14)20(21)25/h5-7,10-13,17H,2-4,8-9H2,1H3,(H-,21,25)/p+1. The summed E-state index contributed by atoms with van der Waals surface area (Å²) in [5, 5.41) is 9.11. The summed E-state index contributed by atoms with van der Waals surface area (Å²) in [6.07, 6.45) is 6.30. The first-order valence-electron chi connectivity index (χ1n) is 8.92. The molecule has 1 amide bonds. The summed E-state index contributed by atoms with van der Waals surface area (Å²) in [4.78, 5) is 11.4. The van der Waals surface area contributed by atoms with Gasteiger partial charge in [0.15, 0.2) is 11.4 Å². The minimum atomic E-state index is -0.413. The molecule has 2 aromatic carbocycles. The number of carbonyl (C=O) groups is 1. The smallest absolute Gasteiger partial charge is 0.248 e. The third kappa shape index (κ3) is 2.74. The predicted octanol–water partition coefficient (Wildman–Crippen LogP) is 4.73. The Morgan fingerprint density at radius 1 is 1.08 bits per heavy atom. The van der Waals surface area contributed by atoms with E-state index in [9.17, 15) is 4.79 Å². The molecule has 0 radical (unpaired) electrons. The highest BCUT2D eigenvalue weighted by Crippen LogP contribution is 2.45. The van der Waals surface area contributed by atoms with Gasteiger partial charge in [-0.2, -0.15) is 0 Å². The first-order chi connectivity index (χ1) is 12.1. The van der Waals surface area contributed by atoms with Gasteiger partial charge in [0.2, 0.25) is 5.91 Å². The van der Waals surface area contributed by atoms with E-state index in [0.29, 0.717) is 16.2 Å². The van der Waals surface area contributed by atoms with Crippen molar-refractivity contribution < 1.29 is 4.79 Å². The minimum Gasteiger partial charge on any atom is -0.366 e. The van der Waals surface area contributed by atoms with Crippen LogP contribution < -0.4 is 10.3 Å². The third-order valence-electron chi connectivity index (χ3n) is 5.57. The van der Waals surface area contributed by atoms with Crippen molar-refractivity contribution in [1.82, 2.24) is 4.59 Å². The quantitative estimate of drug-likeness (QED) is 0.809. The predicted molar refractivity (Wildman–Crippen MR) is 99.5 cm³/mol. The molecule has 1 unspecified atom stereocenters. The van der Waals surface area contributed by atoms with Gasteiger partial charge in [0.1, 0.15) is 13.1 Å². The summed E-state index contributed by atoms with van der Waals surface area (Å²) in [5.74, 6) is -0.413. The molecule has 1 aliphatic carbocycles. The zero-order valence-corrected chi connectivity index (χ0v) is 14.5. The van der Waals surface area contributed by atoms with Crippen LogP contribution in [0.25, 0.3) is 11.1 Å². The van der Waals surface area contributed by atoms with Crippen molar-refractivity contribution in [2.24, 2.45) is 16.1 Å². The molecule has 2 aliphatic rings. The fourth-order valence-electron chi connectivity index (χ4n) is 4.06. The molecule has 0 spiro atoms. The van der Waals surface area contributed by atoms with Gasteiger partial charge in [-0.05, 0) is 48.2 Å². The molecule has 128 valence electrons. The van der Waals surface area contributed by atoms with Crippen molar-refractivity contribution in [3.8, 4) is 11.1 Å². The zero-order valence-electron chi connectivity index (χ0n) is 14.5. The normalized spacial score (nSPS) is 22.8. The van der Waals surface area contributed by atoms with E-state index in [1.807, 2.05) is 18.2 Å². The summed E-state index contributed by atoms with van der Waals surface area (Å²) in [7, 11) is 2.17. The van der Waals surface area contributed by atoms with Gasteiger partial charge in [-0.1, -0.05) is 23.7 Å². The maximum absolute atomic E-state index is 11.4. The van der Waals surface area contributed by atoms with E-state index >= 15 is 0 Å². The molecule has 1 fully saturated rings. The third-order valence-corrected chi connectivity index (χ3v) is 5.57. The monoisotopic (exact) mass is 335 g/mol. The molecule has 4 rings (SSSR count). The van der Waals surface area contributed by atoms with Crippen LogP contribution in [-0.2, 0) is 0 Å². The molecule has 0 aromatic heterocycles. The molecule has 0 bridgehead atoms. The number of nitrogens with two attached hydrogens (primary N) is 1. The molecule has 5 nitrogen and oxygen atoms in total. The van der Waals surface area contributed by atoms with Gasteiger partial charge >= 0.3 is 0 Å². The lowest BCUT2D eigenvalue weighted by Gasteiger charge is -2.33. The molecule has 1 heterocycles. The fourth-order valence-corrected chi connectivity index (χ4v) is 4.06. The highest BCUT2D eigenvalue weighted by Gasteiger charge is 2.42. The number of primary amides is 1. The number of fused-ring (bicyclic) bond motifs is 1. The highest BCUT2D eigenvalue weighted by atomic mass is 16.1. The number of rotatable bonds is 3. The highest BCUT2D eigenvalue weighted by molar-refractivity contribution is 5.94. The largest absolute Gasteiger partial charge is 0.366 e. The van der Waals surface area contributed by atoms with Gasteiger partial charge in [0, 0.05) is 29.7 Å². The molecule has 1 saturated carbocycles. The van der Waals surface area contributed by atoms with Crippen LogP contribution in [0, 0.1) is 0 Å². The first-order valence-corrected chi connectivity index (χ1v) is 8.92. The number of benzene rings is 2. The molecule has 2 N–H and O–H groups in total. The van der Waals surface area contributed by atoms with Crippen LogP contribution in [0.2, 0.25) is 0 Å². The number of hydrogen-bond donors (Lipinski definition) is 1. The second-order valence-electron chi connectivity index (χ2n) is 7.16. The van der Waals surface area contributed by atoms with E-state index in [1.165, 1.54) is 37.8 Å². The van der Waals surface area contributed by atoms with Crippen molar-refractivity contribution in [3.05, 3.63) is 48.0 Å². The number of carbonyl (C=O) groups excluding carboxylic acids is 1. The Morgan fingerprint density at radius 3 is 2.60 bits per heavy atom. The van der Waals surface area contributed by atoms with E-state index in [0.717, 1.165) is 16.8 Å². The Hall–Kier alpha value is -2.53. The summed E-state index contributed by atoms with van der Waals surface area (Å²) >= 11 is 0. The van der Waals surface area contributed by atoms with E-state index in [4.69, 9.17) is 5.73 Å². The van der Waals surface area contributed by atoms with Gasteiger partial charge in [-0.25, -0.2) is 0 Å². The fraction of sp³-hybridized carbons (Fsp3) is 0.350. The second-order valence-corrected chi connectivity index (χ2v) is 7.16. The van der Waals surface area contributed by atoms with Crippen molar-refractivity contribution in [2.45, 2.75) is 38.1 Å². The molecule has 2 aromatic rings. The minimum absolute atomic E-state index is 0.413. The Morgan fingerprint density at radius 2 is 1.84 bits per heavy atom. The van der Waals surface area contributed by atoms with Crippen molar-refractivity contribution in [2.75, 3.05) is 7.05 Å². The second kappa shape index (κ2) is 6.08. The van der Waals surface area contributed by atoms with E-state index in [2.05, 4.69) is 35.6 Å². The maximum Gasteiger partial charge on any atom is 0.248 e. The van der Waals surface area contributed by atoms with Gasteiger partial charge in [0.05, 0.1) is 0 Å². The number of hydrogen-bond acceptors (Lipinski definition) is 3. The van der Waals surface area contributed by atoms with Gasteiger partial charge < -0.3 is 5.73 Å². The molecular formula is C20H23N4O+. The van der Waals surface area contributed by atoms with Gasteiger partial charge in [0.25, 0.3) is 0 Å². The topological polar surface area (TPSA) is 67.8 Å². The van der Waals surface area contributed by atoms with E-state index in [-0.39, 0.29) is 0 Å². The Balaban J connectivity index is 1.69. The average molecular weight is 335 g/mol. The SMILES string of the molecule is C[N+]1(C2CCCCC2)N=Nc2cc(-c3cccc(C(N)=O)c3)ccc21. The van der Waals surface area contributed by atoms with Crippen LogP contribution in [0.1, 0.15) is 42.5 Å². The van der Waals surface area contributed by atoms with Crippen molar-refractivity contribution >= 4 is 17.3 Å². The molecule has 5 heteroatoms. The Kier molecular flexibility index (Phi) is 3.88. The van der Waals surface area contributed by atoms with Crippen LogP contribution in [0.4, 0.5) is 11.4 Å². The molecule has 0 saturated heterocycles. The molecular weight excluding hydrogens is 312 g/mol. The van der Waals surface area contributed by atoms with E-state index in [1.54, 1.807) is 6.07 Å². The summed E-state index contributed by atoms with van der Waals surface area (Å²) < 4.78 is 0.566. The van der Waals surface area contributed by atoms with Crippen LogP contribution in [-0.4, -0.2) is 19.0 Å². The first kappa shape index (κ1) is 16.0. The Labute approximate surface area is 147 Å². The van der Waals surface area contributed by atoms with E-state index < -0.39 is 5.91 Å². The van der Waals surface area contributed by atoms with Gasteiger partial charge in [-0.15, -0.1) is 4.59 Å². The molecule has 1 aliphatic heterocycles. The lowest BCUT2D eigenvalue weighted by Crippen LogP contribution is -2.48. The summed E-state index contributed by atoms with van der Waals surface area (Å²) in [6.45, 7) is 0. The number of nitrogens with zero attached hydrogens (tertiary/aromatic N) is 3. The van der Waals surface area contributed by atoms with Crippen LogP contribution >= 0.6 is 0 Å².